The molecule has 0 aromatic heterocycles. The lowest BCUT2D eigenvalue weighted by Crippen LogP contribution is -2.46. The molecule has 0 aromatic rings. The molecule has 0 radical (unpaired) electrons. The maximum absolute atomic E-state index is 12.4. The van der Waals surface area contributed by atoms with E-state index in [4.69, 9.17) is 5.73 Å². The predicted octanol–water partition coefficient (Wildman–Crippen LogP) is 2.85. The van der Waals surface area contributed by atoms with E-state index in [0.717, 1.165) is 19.3 Å². The number of nitrogens with zero attached hydrogens (tertiary/aromatic N) is 1. The Morgan fingerprint density at radius 2 is 2.11 bits per heavy atom. The lowest BCUT2D eigenvalue weighted by atomic mass is 9.83. The van der Waals surface area contributed by atoms with E-state index in [0.29, 0.717) is 30.8 Å². The van der Waals surface area contributed by atoms with Gasteiger partial charge in [0.2, 0.25) is 5.91 Å². The van der Waals surface area contributed by atoms with Crippen LogP contribution in [0.4, 0.5) is 0 Å². The lowest BCUT2D eigenvalue weighted by Gasteiger charge is -2.37. The summed E-state index contributed by atoms with van der Waals surface area (Å²) in [5, 5.41) is 0. The summed E-state index contributed by atoms with van der Waals surface area (Å²) in [6.45, 7) is 0.713. The van der Waals surface area contributed by atoms with E-state index < -0.39 is 0 Å². The van der Waals surface area contributed by atoms with Crippen LogP contribution in [0.5, 0.6) is 0 Å². The third-order valence-electron chi connectivity index (χ3n) is 4.83. The van der Waals surface area contributed by atoms with Crippen LogP contribution in [0.15, 0.2) is 11.6 Å². The van der Waals surface area contributed by atoms with E-state index in [1.165, 1.54) is 37.7 Å². The normalized spacial score (nSPS) is 27.8. The molecular formula is C16H28N2O. The molecular weight excluding hydrogens is 236 g/mol. The van der Waals surface area contributed by atoms with Gasteiger partial charge in [0, 0.05) is 19.5 Å². The number of carbonyl (C=O) groups excluding carboxylic acids is 1. The second-order valence-electron chi connectivity index (χ2n) is 6.14. The summed E-state index contributed by atoms with van der Waals surface area (Å²) in [5.41, 5.74) is 7.22. The molecule has 2 unspecified atom stereocenters. The largest absolute Gasteiger partial charge is 0.342 e. The smallest absolute Gasteiger partial charge is 0.226 e. The molecule has 2 aliphatic carbocycles. The minimum absolute atomic E-state index is 0.290. The van der Waals surface area contributed by atoms with Crippen LogP contribution in [0, 0.1) is 5.92 Å². The topological polar surface area (TPSA) is 46.3 Å². The predicted molar refractivity (Wildman–Crippen MR) is 78.7 cm³/mol. The SMILES string of the molecule is CN(C(=O)CC1=CCCCC1)C1CCCCC1CN. The zero-order valence-electron chi connectivity index (χ0n) is 12.2. The third kappa shape index (κ3) is 3.82. The number of amides is 1. The molecule has 0 aliphatic heterocycles. The first-order valence-electron chi connectivity index (χ1n) is 7.86. The Kier molecular flexibility index (Phi) is 5.44. The summed E-state index contributed by atoms with van der Waals surface area (Å²) in [7, 11) is 1.98. The van der Waals surface area contributed by atoms with Crippen LogP contribution in [0.2, 0.25) is 0 Å². The minimum atomic E-state index is 0.290. The van der Waals surface area contributed by atoms with E-state index in [2.05, 4.69) is 6.08 Å². The highest BCUT2D eigenvalue weighted by Crippen LogP contribution is 2.28. The van der Waals surface area contributed by atoms with Gasteiger partial charge in [-0.3, -0.25) is 4.79 Å². The Labute approximate surface area is 117 Å². The molecule has 108 valence electrons. The zero-order valence-corrected chi connectivity index (χ0v) is 12.2. The van der Waals surface area contributed by atoms with Crippen LogP contribution in [0.1, 0.15) is 57.8 Å². The van der Waals surface area contributed by atoms with Gasteiger partial charge in [0.15, 0.2) is 0 Å². The number of allylic oxidation sites excluding steroid dienone is 1. The molecule has 0 heterocycles. The van der Waals surface area contributed by atoms with Crippen LogP contribution in [-0.2, 0) is 4.79 Å². The summed E-state index contributed by atoms with van der Waals surface area (Å²) in [6, 6.07) is 0.371. The molecule has 2 atom stereocenters. The molecule has 2 rings (SSSR count). The van der Waals surface area contributed by atoms with Gasteiger partial charge < -0.3 is 10.6 Å². The summed E-state index contributed by atoms with van der Waals surface area (Å²) in [4.78, 5) is 14.4. The first-order chi connectivity index (χ1) is 9.22. The average molecular weight is 264 g/mol. The number of nitrogens with two attached hydrogens (primary N) is 1. The highest BCUT2D eigenvalue weighted by molar-refractivity contribution is 5.78. The number of hydrogen-bond donors (Lipinski definition) is 1. The summed E-state index contributed by atoms with van der Waals surface area (Å²) in [5.74, 6) is 0.793. The fourth-order valence-corrected chi connectivity index (χ4v) is 3.54. The Hall–Kier alpha value is -0.830. The van der Waals surface area contributed by atoms with Gasteiger partial charge in [-0.25, -0.2) is 0 Å². The van der Waals surface area contributed by atoms with Crippen LogP contribution in [0.3, 0.4) is 0 Å². The molecule has 1 fully saturated rings. The quantitative estimate of drug-likeness (QED) is 0.794. The van der Waals surface area contributed by atoms with Gasteiger partial charge in [0.25, 0.3) is 0 Å². The highest BCUT2D eigenvalue weighted by atomic mass is 16.2. The van der Waals surface area contributed by atoms with Crippen molar-refractivity contribution in [3.8, 4) is 0 Å². The molecule has 3 nitrogen and oxygen atoms in total. The Bertz CT molecular complexity index is 338. The standard InChI is InChI=1S/C16H28N2O/c1-18(15-10-6-5-9-14(15)12-17)16(19)11-13-7-3-2-4-8-13/h7,14-15H,2-6,8-12,17H2,1H3. The molecule has 19 heavy (non-hydrogen) atoms. The Balaban J connectivity index is 1.91. The third-order valence-corrected chi connectivity index (χ3v) is 4.83. The Morgan fingerprint density at radius 3 is 2.79 bits per heavy atom. The van der Waals surface area contributed by atoms with E-state index in [-0.39, 0.29) is 0 Å². The lowest BCUT2D eigenvalue weighted by molar-refractivity contribution is -0.132. The summed E-state index contributed by atoms with van der Waals surface area (Å²) < 4.78 is 0. The van der Waals surface area contributed by atoms with Gasteiger partial charge in [0.05, 0.1) is 0 Å². The molecule has 1 saturated carbocycles. The van der Waals surface area contributed by atoms with E-state index in [1.807, 2.05) is 11.9 Å². The van der Waals surface area contributed by atoms with Crippen LogP contribution in [0.25, 0.3) is 0 Å². The van der Waals surface area contributed by atoms with Gasteiger partial charge in [-0.1, -0.05) is 24.5 Å². The van der Waals surface area contributed by atoms with Gasteiger partial charge in [-0.05, 0) is 51.0 Å². The van der Waals surface area contributed by atoms with E-state index in [9.17, 15) is 4.79 Å². The molecule has 0 saturated heterocycles. The minimum Gasteiger partial charge on any atom is -0.342 e. The molecule has 3 heteroatoms. The van der Waals surface area contributed by atoms with Crippen molar-refractivity contribution in [2.45, 2.75) is 63.8 Å². The summed E-state index contributed by atoms with van der Waals surface area (Å²) >= 11 is 0. The monoisotopic (exact) mass is 264 g/mol. The van der Waals surface area contributed by atoms with Crippen molar-refractivity contribution in [3.63, 3.8) is 0 Å². The number of hydrogen-bond acceptors (Lipinski definition) is 2. The molecule has 0 spiro atoms. The second kappa shape index (κ2) is 7.09. The Morgan fingerprint density at radius 1 is 1.32 bits per heavy atom. The van der Waals surface area contributed by atoms with Crippen molar-refractivity contribution in [3.05, 3.63) is 11.6 Å². The molecule has 0 bridgehead atoms. The first-order valence-corrected chi connectivity index (χ1v) is 7.86. The number of carbonyl (C=O) groups is 1. The van der Waals surface area contributed by atoms with Crippen molar-refractivity contribution in [2.75, 3.05) is 13.6 Å². The molecule has 0 aromatic carbocycles. The number of rotatable bonds is 4. The van der Waals surface area contributed by atoms with Crippen molar-refractivity contribution in [2.24, 2.45) is 11.7 Å². The van der Waals surface area contributed by atoms with Gasteiger partial charge in [-0.15, -0.1) is 0 Å². The van der Waals surface area contributed by atoms with Crippen molar-refractivity contribution in [1.29, 1.82) is 0 Å². The fraction of sp³-hybridized carbons (Fsp3) is 0.812. The van der Waals surface area contributed by atoms with Gasteiger partial charge in [0.1, 0.15) is 0 Å². The maximum Gasteiger partial charge on any atom is 0.226 e. The van der Waals surface area contributed by atoms with E-state index in [1.54, 1.807) is 0 Å². The first kappa shape index (κ1) is 14.6. The molecule has 1 amide bonds. The fourth-order valence-electron chi connectivity index (χ4n) is 3.54. The summed E-state index contributed by atoms with van der Waals surface area (Å²) in [6.07, 6.45) is 12.5. The van der Waals surface area contributed by atoms with Crippen LogP contribution >= 0.6 is 0 Å². The average Bonchev–Trinajstić information content (AvgIpc) is 2.47. The molecule has 2 N–H and O–H groups in total. The van der Waals surface area contributed by atoms with E-state index >= 15 is 0 Å². The second-order valence-corrected chi connectivity index (χ2v) is 6.14. The van der Waals surface area contributed by atoms with Crippen molar-refractivity contribution in [1.82, 2.24) is 4.90 Å². The zero-order chi connectivity index (χ0) is 13.7. The van der Waals surface area contributed by atoms with Crippen LogP contribution in [-0.4, -0.2) is 30.4 Å². The van der Waals surface area contributed by atoms with Crippen molar-refractivity contribution < 1.29 is 4.79 Å². The highest BCUT2D eigenvalue weighted by Gasteiger charge is 2.29. The van der Waals surface area contributed by atoms with Gasteiger partial charge >= 0.3 is 0 Å². The maximum atomic E-state index is 12.4. The molecule has 2 aliphatic rings. The van der Waals surface area contributed by atoms with Gasteiger partial charge in [-0.2, -0.15) is 0 Å². The van der Waals surface area contributed by atoms with Crippen molar-refractivity contribution >= 4 is 5.91 Å². The van der Waals surface area contributed by atoms with Crippen LogP contribution < -0.4 is 5.73 Å².